The molecule has 3 rings (SSSR count). The normalized spacial score (nSPS) is 10.2. The zero-order chi connectivity index (χ0) is 15.2. The van der Waals surface area contributed by atoms with E-state index < -0.39 is 0 Å². The molecule has 0 spiro atoms. The zero-order valence-electron chi connectivity index (χ0n) is 11.9. The van der Waals surface area contributed by atoms with Crippen molar-refractivity contribution in [1.82, 2.24) is 4.98 Å². The van der Waals surface area contributed by atoms with Crippen LogP contribution in [-0.4, -0.2) is 4.98 Å². The molecule has 22 heavy (non-hydrogen) atoms. The van der Waals surface area contributed by atoms with Crippen LogP contribution in [0.2, 0.25) is 0 Å². The number of benzene rings is 2. The SMILES string of the molecule is Sc1ccc(Oc2ccncc2)cc1CNc1ccccc1. The van der Waals surface area contributed by atoms with Crippen LogP contribution >= 0.6 is 12.6 Å². The van der Waals surface area contributed by atoms with Crippen molar-refractivity contribution >= 4 is 18.3 Å². The molecule has 0 amide bonds. The Kier molecular flexibility index (Phi) is 4.61. The second kappa shape index (κ2) is 7.00. The molecule has 0 aliphatic heterocycles. The maximum absolute atomic E-state index is 5.82. The van der Waals surface area contributed by atoms with Crippen molar-refractivity contribution in [1.29, 1.82) is 0 Å². The quantitative estimate of drug-likeness (QED) is 0.666. The summed E-state index contributed by atoms with van der Waals surface area (Å²) in [5.41, 5.74) is 2.16. The summed E-state index contributed by atoms with van der Waals surface area (Å²) in [6.45, 7) is 0.691. The number of aromatic nitrogens is 1. The average Bonchev–Trinajstić information content (AvgIpc) is 2.57. The molecule has 1 N–H and O–H groups in total. The van der Waals surface area contributed by atoms with Crippen LogP contribution in [0.25, 0.3) is 0 Å². The second-order valence-electron chi connectivity index (χ2n) is 4.80. The van der Waals surface area contributed by atoms with Crippen molar-refractivity contribution in [3.05, 3.63) is 78.6 Å². The molecule has 0 saturated carbocycles. The molecule has 0 aliphatic carbocycles. The lowest BCUT2D eigenvalue weighted by Gasteiger charge is -2.11. The van der Waals surface area contributed by atoms with Crippen molar-refractivity contribution in [3.8, 4) is 11.5 Å². The molecule has 1 aromatic heterocycles. The van der Waals surface area contributed by atoms with Gasteiger partial charge < -0.3 is 10.1 Å². The Morgan fingerprint density at radius 2 is 1.68 bits per heavy atom. The van der Waals surface area contributed by atoms with Gasteiger partial charge in [-0.05, 0) is 48.0 Å². The smallest absolute Gasteiger partial charge is 0.130 e. The highest BCUT2D eigenvalue weighted by Crippen LogP contribution is 2.25. The predicted molar refractivity (Wildman–Crippen MR) is 91.8 cm³/mol. The molecule has 3 nitrogen and oxygen atoms in total. The van der Waals surface area contributed by atoms with Gasteiger partial charge in [0.05, 0.1) is 0 Å². The number of hydrogen-bond donors (Lipinski definition) is 2. The molecule has 0 atom stereocenters. The summed E-state index contributed by atoms with van der Waals surface area (Å²) < 4.78 is 5.82. The van der Waals surface area contributed by atoms with E-state index >= 15 is 0 Å². The number of para-hydroxylation sites is 1. The Balaban J connectivity index is 1.72. The third-order valence-corrected chi connectivity index (χ3v) is 3.63. The van der Waals surface area contributed by atoms with Gasteiger partial charge in [-0.3, -0.25) is 4.98 Å². The summed E-state index contributed by atoms with van der Waals surface area (Å²) in [4.78, 5) is 4.92. The van der Waals surface area contributed by atoms with Gasteiger partial charge in [0.1, 0.15) is 11.5 Å². The van der Waals surface area contributed by atoms with Gasteiger partial charge in [0.25, 0.3) is 0 Å². The van der Waals surface area contributed by atoms with Crippen LogP contribution in [-0.2, 0) is 6.54 Å². The lowest BCUT2D eigenvalue weighted by Crippen LogP contribution is -2.00. The largest absolute Gasteiger partial charge is 0.457 e. The molecule has 0 radical (unpaired) electrons. The standard InChI is InChI=1S/C18H16N2OS/c22-18-7-6-17(21-16-8-10-19-11-9-16)12-14(18)13-20-15-4-2-1-3-5-15/h1-12,20,22H,13H2. The van der Waals surface area contributed by atoms with Gasteiger partial charge in [-0.25, -0.2) is 0 Å². The third kappa shape index (κ3) is 3.80. The number of anilines is 1. The lowest BCUT2D eigenvalue weighted by atomic mass is 10.2. The van der Waals surface area contributed by atoms with Gasteiger partial charge in [-0.1, -0.05) is 18.2 Å². The Labute approximate surface area is 135 Å². The van der Waals surface area contributed by atoms with Crippen LogP contribution in [0.4, 0.5) is 5.69 Å². The van der Waals surface area contributed by atoms with Gasteiger partial charge in [0.2, 0.25) is 0 Å². The Hall–Kier alpha value is -2.46. The Morgan fingerprint density at radius 3 is 2.45 bits per heavy atom. The fourth-order valence-corrected chi connectivity index (χ4v) is 2.28. The van der Waals surface area contributed by atoms with Gasteiger partial charge in [-0.2, -0.15) is 0 Å². The highest BCUT2D eigenvalue weighted by molar-refractivity contribution is 7.80. The number of nitrogens with one attached hydrogen (secondary N) is 1. The fraction of sp³-hybridized carbons (Fsp3) is 0.0556. The fourth-order valence-electron chi connectivity index (χ4n) is 2.06. The van der Waals surface area contributed by atoms with Crippen LogP contribution < -0.4 is 10.1 Å². The number of thiol groups is 1. The van der Waals surface area contributed by atoms with Crippen LogP contribution in [0.3, 0.4) is 0 Å². The number of ether oxygens (including phenoxy) is 1. The van der Waals surface area contributed by atoms with E-state index in [0.717, 1.165) is 27.6 Å². The lowest BCUT2D eigenvalue weighted by molar-refractivity contribution is 0.481. The maximum atomic E-state index is 5.82. The number of nitrogens with zero attached hydrogens (tertiary/aromatic N) is 1. The average molecular weight is 308 g/mol. The molecule has 1 heterocycles. The first-order valence-corrected chi connectivity index (χ1v) is 7.45. The monoisotopic (exact) mass is 308 g/mol. The first-order valence-electron chi connectivity index (χ1n) is 7.00. The molecule has 0 aliphatic rings. The maximum Gasteiger partial charge on any atom is 0.130 e. The van der Waals surface area contributed by atoms with E-state index in [0.29, 0.717) is 6.54 Å². The zero-order valence-corrected chi connectivity index (χ0v) is 12.8. The highest BCUT2D eigenvalue weighted by atomic mass is 32.1. The van der Waals surface area contributed by atoms with Gasteiger partial charge >= 0.3 is 0 Å². The second-order valence-corrected chi connectivity index (χ2v) is 5.28. The Morgan fingerprint density at radius 1 is 0.909 bits per heavy atom. The topological polar surface area (TPSA) is 34.1 Å². The summed E-state index contributed by atoms with van der Waals surface area (Å²) in [5, 5.41) is 3.38. The van der Waals surface area contributed by atoms with Crippen molar-refractivity contribution in [2.24, 2.45) is 0 Å². The highest BCUT2D eigenvalue weighted by Gasteiger charge is 2.03. The Bertz CT molecular complexity index is 733. The first kappa shape index (κ1) is 14.5. The summed E-state index contributed by atoms with van der Waals surface area (Å²) in [5.74, 6) is 1.55. The van der Waals surface area contributed by atoms with E-state index in [4.69, 9.17) is 4.74 Å². The summed E-state index contributed by atoms with van der Waals surface area (Å²) in [6.07, 6.45) is 3.42. The number of hydrogen-bond acceptors (Lipinski definition) is 4. The summed E-state index contributed by atoms with van der Waals surface area (Å²) in [6, 6.07) is 19.6. The molecule has 0 unspecified atom stereocenters. The minimum absolute atomic E-state index is 0.691. The number of pyridine rings is 1. The van der Waals surface area contributed by atoms with Crippen molar-refractivity contribution in [2.75, 3.05) is 5.32 Å². The molecule has 2 aromatic carbocycles. The van der Waals surface area contributed by atoms with Crippen LogP contribution in [0.5, 0.6) is 11.5 Å². The molecule has 0 fully saturated rings. The third-order valence-electron chi connectivity index (χ3n) is 3.19. The first-order chi connectivity index (χ1) is 10.8. The van der Waals surface area contributed by atoms with Crippen LogP contribution in [0, 0.1) is 0 Å². The summed E-state index contributed by atoms with van der Waals surface area (Å²) >= 11 is 4.51. The molecular weight excluding hydrogens is 292 g/mol. The molecule has 3 aromatic rings. The van der Waals surface area contributed by atoms with Crippen molar-refractivity contribution in [3.63, 3.8) is 0 Å². The van der Waals surface area contributed by atoms with E-state index in [1.807, 2.05) is 60.7 Å². The molecule has 110 valence electrons. The van der Waals surface area contributed by atoms with E-state index in [9.17, 15) is 0 Å². The molecule has 0 bridgehead atoms. The van der Waals surface area contributed by atoms with Gasteiger partial charge in [0.15, 0.2) is 0 Å². The molecule has 4 heteroatoms. The summed E-state index contributed by atoms with van der Waals surface area (Å²) in [7, 11) is 0. The molecular formula is C18H16N2OS. The minimum atomic E-state index is 0.691. The van der Waals surface area contributed by atoms with Crippen LogP contribution in [0.15, 0.2) is 78.0 Å². The van der Waals surface area contributed by atoms with E-state index in [2.05, 4.69) is 22.9 Å². The predicted octanol–water partition coefficient (Wildman–Crippen LogP) is 4.77. The van der Waals surface area contributed by atoms with Gasteiger partial charge in [-0.15, -0.1) is 12.6 Å². The van der Waals surface area contributed by atoms with Gasteiger partial charge in [0, 0.05) is 29.5 Å². The van der Waals surface area contributed by atoms with Crippen LogP contribution in [0.1, 0.15) is 5.56 Å². The van der Waals surface area contributed by atoms with Crippen molar-refractivity contribution in [2.45, 2.75) is 11.4 Å². The van der Waals surface area contributed by atoms with E-state index in [-0.39, 0.29) is 0 Å². The van der Waals surface area contributed by atoms with Crippen molar-refractivity contribution < 1.29 is 4.74 Å². The minimum Gasteiger partial charge on any atom is -0.457 e. The molecule has 0 saturated heterocycles. The number of rotatable bonds is 5. The van der Waals surface area contributed by atoms with E-state index in [1.54, 1.807) is 12.4 Å². The van der Waals surface area contributed by atoms with E-state index in [1.165, 1.54) is 0 Å².